The predicted octanol–water partition coefficient (Wildman–Crippen LogP) is 2.38. The summed E-state index contributed by atoms with van der Waals surface area (Å²) in [4.78, 5) is 38.0. The molecule has 1 atom stereocenters. The van der Waals surface area contributed by atoms with E-state index in [1.54, 1.807) is 24.3 Å². The van der Waals surface area contributed by atoms with E-state index in [2.05, 4.69) is 10.1 Å². The van der Waals surface area contributed by atoms with Crippen LogP contribution in [-0.2, 0) is 4.74 Å². The third-order valence-corrected chi connectivity index (χ3v) is 3.95. The molecule has 0 aliphatic carbocycles. The van der Waals surface area contributed by atoms with Crippen molar-refractivity contribution in [2.24, 2.45) is 0 Å². The zero-order chi connectivity index (χ0) is 17.1. The third-order valence-electron chi connectivity index (χ3n) is 3.95. The van der Waals surface area contributed by atoms with Crippen molar-refractivity contribution in [1.29, 1.82) is 0 Å². The summed E-state index contributed by atoms with van der Waals surface area (Å²) in [6.45, 7) is 0.0716. The molecule has 2 aromatic carbocycles. The lowest BCUT2D eigenvalue weighted by molar-refractivity contribution is 0.0578. The van der Waals surface area contributed by atoms with E-state index in [0.717, 1.165) is 5.56 Å². The lowest BCUT2D eigenvalue weighted by Crippen LogP contribution is -2.41. The number of carbonyl (C=O) groups excluding carboxylic acids is 3. The Morgan fingerprint density at radius 2 is 1.54 bits per heavy atom. The fourth-order valence-corrected chi connectivity index (χ4v) is 2.78. The summed E-state index contributed by atoms with van der Waals surface area (Å²) in [5.41, 5.74) is 1.51. The van der Waals surface area contributed by atoms with Gasteiger partial charge in [-0.3, -0.25) is 14.5 Å². The van der Waals surface area contributed by atoms with Crippen LogP contribution in [0.2, 0.25) is 0 Å². The van der Waals surface area contributed by atoms with Crippen LogP contribution in [0, 0.1) is 0 Å². The second-order valence-electron chi connectivity index (χ2n) is 5.32. The van der Waals surface area contributed by atoms with E-state index in [1.165, 1.54) is 12.0 Å². The normalized spacial score (nSPS) is 14.3. The van der Waals surface area contributed by atoms with E-state index in [4.69, 9.17) is 0 Å². The smallest absolute Gasteiger partial charge is 0.406 e. The van der Waals surface area contributed by atoms with E-state index < -0.39 is 12.1 Å². The maximum Gasteiger partial charge on any atom is 0.406 e. The number of nitrogens with one attached hydrogen (secondary N) is 1. The summed E-state index contributed by atoms with van der Waals surface area (Å²) >= 11 is 0. The number of nitrogens with zero attached hydrogens (tertiary/aromatic N) is 1. The Morgan fingerprint density at radius 1 is 1.00 bits per heavy atom. The Bertz CT molecular complexity index is 754. The molecule has 0 saturated carbocycles. The van der Waals surface area contributed by atoms with E-state index >= 15 is 0 Å². The Balaban J connectivity index is 1.96. The summed E-state index contributed by atoms with van der Waals surface area (Å²) in [5, 5.41) is 2.57. The highest BCUT2D eigenvalue weighted by molar-refractivity contribution is 6.21. The van der Waals surface area contributed by atoms with Crippen molar-refractivity contribution in [3.8, 4) is 0 Å². The number of methoxy groups -OCH3 is 1. The molecule has 0 fully saturated rings. The number of benzene rings is 2. The quantitative estimate of drug-likeness (QED) is 0.876. The molecule has 0 spiro atoms. The zero-order valence-electron chi connectivity index (χ0n) is 13.1. The van der Waals surface area contributed by atoms with Crippen LogP contribution in [0.1, 0.15) is 32.3 Å². The minimum atomic E-state index is -0.618. The lowest BCUT2D eigenvalue weighted by atomic mass is 10.1. The highest BCUT2D eigenvalue weighted by Crippen LogP contribution is 2.31. The molecule has 122 valence electrons. The summed E-state index contributed by atoms with van der Waals surface area (Å²) < 4.78 is 4.58. The molecule has 1 aliphatic heterocycles. The minimum absolute atomic E-state index is 0.0716. The Morgan fingerprint density at radius 3 is 2.08 bits per heavy atom. The molecular weight excluding hydrogens is 308 g/mol. The van der Waals surface area contributed by atoms with Crippen LogP contribution in [0.4, 0.5) is 4.79 Å². The van der Waals surface area contributed by atoms with Gasteiger partial charge in [0.15, 0.2) is 0 Å². The van der Waals surface area contributed by atoms with Crippen LogP contribution in [-0.4, -0.2) is 36.5 Å². The number of fused-ring (bicyclic) bond motifs is 1. The van der Waals surface area contributed by atoms with Crippen LogP contribution in [0.3, 0.4) is 0 Å². The van der Waals surface area contributed by atoms with Crippen molar-refractivity contribution >= 4 is 17.9 Å². The number of alkyl carbamates (subject to hydrolysis) is 1. The number of hydrogen-bond donors (Lipinski definition) is 1. The molecule has 0 aromatic heterocycles. The largest absolute Gasteiger partial charge is 0.453 e. The molecule has 3 amide bonds. The number of hydrogen-bond acceptors (Lipinski definition) is 4. The van der Waals surface area contributed by atoms with E-state index in [9.17, 15) is 14.4 Å². The van der Waals surface area contributed by atoms with Gasteiger partial charge in [0.2, 0.25) is 0 Å². The summed E-state index contributed by atoms with van der Waals surface area (Å²) in [7, 11) is 1.26. The zero-order valence-corrected chi connectivity index (χ0v) is 13.1. The van der Waals surface area contributed by atoms with E-state index in [0.29, 0.717) is 11.1 Å². The van der Waals surface area contributed by atoms with Gasteiger partial charge < -0.3 is 10.1 Å². The van der Waals surface area contributed by atoms with Crippen molar-refractivity contribution in [1.82, 2.24) is 10.2 Å². The van der Waals surface area contributed by atoms with Crippen molar-refractivity contribution < 1.29 is 19.1 Å². The van der Waals surface area contributed by atoms with Crippen molar-refractivity contribution in [2.75, 3.05) is 13.7 Å². The molecule has 3 rings (SSSR count). The Labute approximate surface area is 139 Å². The summed E-state index contributed by atoms with van der Waals surface area (Å²) in [5.74, 6) is -0.729. The average Bonchev–Trinajstić information content (AvgIpc) is 2.88. The van der Waals surface area contributed by atoms with Crippen LogP contribution in [0.15, 0.2) is 54.6 Å². The lowest BCUT2D eigenvalue weighted by Gasteiger charge is -2.26. The minimum Gasteiger partial charge on any atom is -0.453 e. The standard InChI is InChI=1S/C18H16N2O4/c1-24-18(23)19-11-15(12-7-3-2-4-8-12)20-16(21)13-9-5-6-10-14(13)17(20)22/h2-10,15H,11H2,1H3,(H,19,23). The third kappa shape index (κ3) is 2.74. The van der Waals surface area contributed by atoms with Gasteiger partial charge in [-0.2, -0.15) is 0 Å². The topological polar surface area (TPSA) is 75.7 Å². The van der Waals surface area contributed by atoms with Gasteiger partial charge in [0, 0.05) is 6.54 Å². The van der Waals surface area contributed by atoms with Gasteiger partial charge in [0.25, 0.3) is 11.8 Å². The fraction of sp³-hybridized carbons (Fsp3) is 0.167. The van der Waals surface area contributed by atoms with Crippen molar-refractivity contribution in [3.05, 3.63) is 71.3 Å². The van der Waals surface area contributed by atoms with E-state index in [-0.39, 0.29) is 18.4 Å². The van der Waals surface area contributed by atoms with Gasteiger partial charge in [-0.25, -0.2) is 4.79 Å². The second-order valence-corrected chi connectivity index (χ2v) is 5.32. The first-order valence-corrected chi connectivity index (χ1v) is 7.47. The molecule has 1 heterocycles. The molecule has 1 N–H and O–H groups in total. The van der Waals surface area contributed by atoms with Crippen molar-refractivity contribution in [2.45, 2.75) is 6.04 Å². The average molecular weight is 324 g/mol. The van der Waals surface area contributed by atoms with Gasteiger partial charge >= 0.3 is 6.09 Å². The van der Waals surface area contributed by atoms with Gasteiger partial charge in [0.1, 0.15) is 0 Å². The first-order valence-electron chi connectivity index (χ1n) is 7.47. The predicted molar refractivity (Wildman–Crippen MR) is 86.5 cm³/mol. The van der Waals surface area contributed by atoms with Gasteiger partial charge in [-0.05, 0) is 17.7 Å². The molecule has 2 aromatic rings. The molecule has 1 unspecified atom stereocenters. The number of carbonyl (C=O) groups is 3. The molecular formula is C18H16N2O4. The summed E-state index contributed by atoms with van der Waals surface area (Å²) in [6.07, 6.45) is -0.618. The van der Waals surface area contributed by atoms with Crippen LogP contribution >= 0.6 is 0 Å². The molecule has 0 bridgehead atoms. The maximum absolute atomic E-state index is 12.7. The van der Waals surface area contributed by atoms with Crippen LogP contribution in [0.25, 0.3) is 0 Å². The van der Waals surface area contributed by atoms with Crippen LogP contribution in [0.5, 0.6) is 0 Å². The monoisotopic (exact) mass is 324 g/mol. The highest BCUT2D eigenvalue weighted by Gasteiger charge is 2.40. The molecule has 24 heavy (non-hydrogen) atoms. The molecule has 1 aliphatic rings. The Hall–Kier alpha value is -3.15. The van der Waals surface area contributed by atoms with Gasteiger partial charge in [-0.15, -0.1) is 0 Å². The second kappa shape index (κ2) is 6.54. The number of imide groups is 1. The van der Waals surface area contributed by atoms with Gasteiger partial charge in [-0.1, -0.05) is 42.5 Å². The maximum atomic E-state index is 12.7. The molecule has 0 radical (unpaired) electrons. The fourth-order valence-electron chi connectivity index (χ4n) is 2.78. The van der Waals surface area contributed by atoms with Gasteiger partial charge in [0.05, 0.1) is 24.3 Å². The molecule has 6 nitrogen and oxygen atoms in total. The number of ether oxygens (including phenoxy) is 1. The first-order chi connectivity index (χ1) is 11.6. The van der Waals surface area contributed by atoms with Crippen molar-refractivity contribution in [3.63, 3.8) is 0 Å². The van der Waals surface area contributed by atoms with Crippen LogP contribution < -0.4 is 5.32 Å². The SMILES string of the molecule is COC(=O)NCC(c1ccccc1)N1C(=O)c2ccccc2C1=O. The number of amides is 3. The van der Waals surface area contributed by atoms with E-state index in [1.807, 2.05) is 30.3 Å². The Kier molecular flexibility index (Phi) is 4.29. The molecule has 6 heteroatoms. The number of rotatable bonds is 4. The summed E-state index contributed by atoms with van der Waals surface area (Å²) in [6, 6.07) is 15.2. The molecule has 0 saturated heterocycles. The highest BCUT2D eigenvalue weighted by atomic mass is 16.5. The first kappa shape index (κ1) is 15.7.